The van der Waals surface area contributed by atoms with Gasteiger partial charge in [-0.2, -0.15) is 0 Å². The Hall–Kier alpha value is -0.790. The van der Waals surface area contributed by atoms with E-state index in [2.05, 4.69) is 43.8 Å². The maximum absolute atomic E-state index is 12.2. The summed E-state index contributed by atoms with van der Waals surface area (Å²) >= 11 is 11.5. The van der Waals surface area contributed by atoms with E-state index in [0.29, 0.717) is 26.5 Å². The monoisotopic (exact) mass is 465 g/mol. The van der Waals surface area contributed by atoms with Crippen LogP contribution in [0.4, 0.5) is 5.69 Å². The number of amides is 1. The first-order valence-electron chi connectivity index (χ1n) is 5.61. The second-order valence-corrected chi connectivity index (χ2v) is 6.47. The second-order valence-electron chi connectivity index (χ2n) is 3.93. The zero-order chi connectivity index (χ0) is 14.7. The van der Waals surface area contributed by atoms with Gasteiger partial charge in [0, 0.05) is 14.2 Å². The lowest BCUT2D eigenvalue weighted by atomic mass is 10.2. The molecule has 0 aromatic heterocycles. The number of halogens is 3. The lowest BCUT2D eigenvalue weighted by Crippen LogP contribution is -2.12. The number of carbonyl (C=O) groups is 1. The molecule has 0 aliphatic rings. The SMILES string of the molecule is COc1c(Br)cc(Cl)cc1NC(=O)c1ccc(I)cc1. The highest BCUT2D eigenvalue weighted by atomic mass is 127. The standard InChI is InChI=1S/C14H10BrClINO2/c1-20-13-11(15)6-9(16)7-12(13)18-14(19)8-2-4-10(17)5-3-8/h2-7H,1H3,(H,18,19). The van der Waals surface area contributed by atoms with Crippen molar-refractivity contribution in [1.29, 1.82) is 0 Å². The van der Waals surface area contributed by atoms with Crippen LogP contribution in [0, 0.1) is 3.57 Å². The number of anilines is 1. The minimum absolute atomic E-state index is 0.214. The Morgan fingerprint density at radius 1 is 1.30 bits per heavy atom. The number of nitrogens with one attached hydrogen (secondary N) is 1. The summed E-state index contributed by atoms with van der Waals surface area (Å²) in [6.07, 6.45) is 0. The Balaban J connectivity index is 2.30. The molecule has 6 heteroatoms. The van der Waals surface area contributed by atoms with E-state index in [1.54, 1.807) is 24.3 Å². The van der Waals surface area contributed by atoms with Crippen LogP contribution in [0.5, 0.6) is 5.75 Å². The minimum atomic E-state index is -0.214. The van der Waals surface area contributed by atoms with E-state index in [9.17, 15) is 4.79 Å². The Kier molecular flexibility index (Phi) is 5.29. The number of carbonyl (C=O) groups excluding carboxylic acids is 1. The van der Waals surface area contributed by atoms with Crippen molar-refractivity contribution in [2.24, 2.45) is 0 Å². The van der Waals surface area contributed by atoms with E-state index in [1.807, 2.05) is 12.1 Å². The fourth-order valence-electron chi connectivity index (χ4n) is 1.66. The number of rotatable bonds is 3. The molecule has 20 heavy (non-hydrogen) atoms. The van der Waals surface area contributed by atoms with Crippen molar-refractivity contribution in [3.63, 3.8) is 0 Å². The molecule has 0 radical (unpaired) electrons. The van der Waals surface area contributed by atoms with Gasteiger partial charge in [0.05, 0.1) is 17.3 Å². The first-order chi connectivity index (χ1) is 9.51. The van der Waals surface area contributed by atoms with Gasteiger partial charge in [0.2, 0.25) is 0 Å². The predicted octanol–water partition coefficient (Wildman–Crippen LogP) is 4.97. The third kappa shape index (κ3) is 3.65. The van der Waals surface area contributed by atoms with Gasteiger partial charge in [-0.3, -0.25) is 4.79 Å². The summed E-state index contributed by atoms with van der Waals surface area (Å²) in [5, 5.41) is 3.31. The molecule has 1 amide bonds. The highest BCUT2D eigenvalue weighted by molar-refractivity contribution is 14.1. The topological polar surface area (TPSA) is 38.3 Å². The van der Waals surface area contributed by atoms with Crippen LogP contribution in [-0.4, -0.2) is 13.0 Å². The third-order valence-corrected chi connectivity index (χ3v) is 4.09. The van der Waals surface area contributed by atoms with Gasteiger partial charge in [-0.15, -0.1) is 0 Å². The zero-order valence-corrected chi connectivity index (χ0v) is 14.9. The van der Waals surface area contributed by atoms with E-state index < -0.39 is 0 Å². The average Bonchev–Trinajstić information content (AvgIpc) is 2.39. The van der Waals surface area contributed by atoms with Gasteiger partial charge in [-0.25, -0.2) is 0 Å². The molecule has 2 rings (SSSR count). The van der Waals surface area contributed by atoms with E-state index in [4.69, 9.17) is 16.3 Å². The van der Waals surface area contributed by atoms with Crippen molar-refractivity contribution < 1.29 is 9.53 Å². The molecule has 104 valence electrons. The molecule has 0 fully saturated rings. The van der Waals surface area contributed by atoms with Crippen LogP contribution >= 0.6 is 50.1 Å². The first-order valence-corrected chi connectivity index (χ1v) is 7.86. The molecule has 2 aromatic rings. The maximum atomic E-state index is 12.2. The summed E-state index contributed by atoms with van der Waals surface area (Å²) < 4.78 is 7.02. The van der Waals surface area contributed by atoms with E-state index in [1.165, 1.54) is 7.11 Å². The summed E-state index contributed by atoms with van der Waals surface area (Å²) in [5.74, 6) is 0.321. The van der Waals surface area contributed by atoms with Crippen LogP contribution < -0.4 is 10.1 Å². The zero-order valence-electron chi connectivity index (χ0n) is 10.4. The van der Waals surface area contributed by atoms with Gasteiger partial charge < -0.3 is 10.1 Å². The van der Waals surface area contributed by atoms with Crippen molar-refractivity contribution in [1.82, 2.24) is 0 Å². The number of benzene rings is 2. The van der Waals surface area contributed by atoms with E-state index in [0.717, 1.165) is 3.57 Å². The van der Waals surface area contributed by atoms with E-state index >= 15 is 0 Å². The summed E-state index contributed by atoms with van der Waals surface area (Å²) in [7, 11) is 1.54. The average molecular weight is 467 g/mol. The summed E-state index contributed by atoms with van der Waals surface area (Å²) in [4.78, 5) is 12.2. The second kappa shape index (κ2) is 6.78. The van der Waals surface area contributed by atoms with Gasteiger partial charge in [-0.05, 0) is 74.9 Å². The van der Waals surface area contributed by atoms with Crippen LogP contribution in [0.3, 0.4) is 0 Å². The van der Waals surface area contributed by atoms with Gasteiger partial charge >= 0.3 is 0 Å². The Bertz CT molecular complexity index is 646. The third-order valence-electron chi connectivity index (χ3n) is 2.57. The number of methoxy groups -OCH3 is 1. The lowest BCUT2D eigenvalue weighted by molar-refractivity contribution is 0.102. The Morgan fingerprint density at radius 2 is 1.95 bits per heavy atom. The lowest BCUT2D eigenvalue weighted by Gasteiger charge is -2.12. The molecule has 3 nitrogen and oxygen atoms in total. The molecule has 0 saturated heterocycles. The number of hydrogen-bond acceptors (Lipinski definition) is 2. The number of ether oxygens (including phenoxy) is 1. The van der Waals surface area contributed by atoms with E-state index in [-0.39, 0.29) is 5.91 Å². The van der Waals surface area contributed by atoms with Crippen LogP contribution in [0.2, 0.25) is 5.02 Å². The molecule has 0 bridgehead atoms. The summed E-state index contributed by atoms with van der Waals surface area (Å²) in [5.41, 5.74) is 1.10. The molecule has 0 spiro atoms. The van der Waals surface area contributed by atoms with Gasteiger partial charge in [0.1, 0.15) is 0 Å². The molecule has 0 heterocycles. The summed E-state index contributed by atoms with van der Waals surface area (Å²) in [6.45, 7) is 0. The predicted molar refractivity (Wildman–Crippen MR) is 92.8 cm³/mol. The molecule has 0 atom stereocenters. The molecule has 2 aromatic carbocycles. The quantitative estimate of drug-likeness (QED) is 0.649. The smallest absolute Gasteiger partial charge is 0.255 e. The Morgan fingerprint density at radius 3 is 2.55 bits per heavy atom. The van der Waals surface area contributed by atoms with Crippen molar-refractivity contribution in [3.05, 3.63) is 55.0 Å². The molecular weight excluding hydrogens is 456 g/mol. The highest BCUT2D eigenvalue weighted by Crippen LogP contribution is 2.36. The minimum Gasteiger partial charge on any atom is -0.493 e. The molecule has 1 N–H and O–H groups in total. The maximum Gasteiger partial charge on any atom is 0.255 e. The fraction of sp³-hybridized carbons (Fsp3) is 0.0714. The van der Waals surface area contributed by atoms with Crippen LogP contribution in [0.25, 0.3) is 0 Å². The molecule has 0 aliphatic heterocycles. The van der Waals surface area contributed by atoms with Crippen molar-refractivity contribution in [3.8, 4) is 5.75 Å². The summed E-state index contributed by atoms with van der Waals surface area (Å²) in [6, 6.07) is 10.6. The highest BCUT2D eigenvalue weighted by Gasteiger charge is 2.13. The molecule has 0 saturated carbocycles. The van der Waals surface area contributed by atoms with Crippen molar-refractivity contribution >= 4 is 61.7 Å². The fourth-order valence-corrected chi connectivity index (χ4v) is 2.99. The Labute approximate surface area is 143 Å². The van der Waals surface area contributed by atoms with Gasteiger partial charge in [0.15, 0.2) is 5.75 Å². The van der Waals surface area contributed by atoms with Crippen LogP contribution in [-0.2, 0) is 0 Å². The first kappa shape index (κ1) is 15.6. The van der Waals surface area contributed by atoms with Crippen molar-refractivity contribution in [2.75, 3.05) is 12.4 Å². The van der Waals surface area contributed by atoms with Crippen molar-refractivity contribution in [2.45, 2.75) is 0 Å². The van der Waals surface area contributed by atoms with Crippen LogP contribution in [0.1, 0.15) is 10.4 Å². The molecular formula is C14H10BrClINO2. The van der Waals surface area contributed by atoms with Gasteiger partial charge in [-0.1, -0.05) is 11.6 Å². The normalized spacial score (nSPS) is 10.2. The molecule has 0 unspecified atom stereocenters. The largest absolute Gasteiger partial charge is 0.493 e. The van der Waals surface area contributed by atoms with Gasteiger partial charge in [0.25, 0.3) is 5.91 Å². The van der Waals surface area contributed by atoms with Crippen LogP contribution in [0.15, 0.2) is 40.9 Å². The molecule has 0 aliphatic carbocycles. The number of hydrogen-bond donors (Lipinski definition) is 1.